The van der Waals surface area contributed by atoms with Crippen molar-refractivity contribution in [2.24, 2.45) is 11.6 Å². The molecule has 0 fully saturated rings. The summed E-state index contributed by atoms with van der Waals surface area (Å²) in [4.78, 5) is 0. The van der Waals surface area contributed by atoms with Crippen LogP contribution in [0, 0.1) is 0 Å². The van der Waals surface area contributed by atoms with Gasteiger partial charge in [-0.05, 0) is 26.2 Å². The second-order valence-electron chi connectivity index (χ2n) is 2.86. The molecular formula is C8H19N3. The number of hydrogen-bond donors (Lipinski definition) is 3. The van der Waals surface area contributed by atoms with Crippen molar-refractivity contribution in [3.63, 3.8) is 0 Å². The van der Waals surface area contributed by atoms with Crippen molar-refractivity contribution in [2.75, 3.05) is 6.54 Å². The molecule has 1 atom stereocenters. The number of nitrogens with one attached hydrogen (secondary N) is 1. The van der Waals surface area contributed by atoms with Gasteiger partial charge in [0.2, 0.25) is 0 Å². The molecule has 3 heteroatoms. The van der Waals surface area contributed by atoms with Crippen molar-refractivity contribution < 1.29 is 0 Å². The Balaban J connectivity index is 3.18. The van der Waals surface area contributed by atoms with Gasteiger partial charge < -0.3 is 5.73 Å². The minimum Gasteiger partial charge on any atom is -0.324 e. The van der Waals surface area contributed by atoms with Crippen molar-refractivity contribution in [1.82, 2.24) is 5.43 Å². The highest BCUT2D eigenvalue weighted by molar-refractivity contribution is 5.01. The summed E-state index contributed by atoms with van der Waals surface area (Å²) < 4.78 is 0. The number of hydrazine groups is 1. The molecule has 0 rings (SSSR count). The highest BCUT2D eigenvalue weighted by atomic mass is 15.2. The summed E-state index contributed by atoms with van der Waals surface area (Å²) in [5.41, 5.74) is 9.35. The molecule has 0 aliphatic heterocycles. The molecule has 11 heavy (non-hydrogen) atoms. The monoisotopic (exact) mass is 157 g/mol. The third-order valence-corrected chi connectivity index (χ3v) is 1.71. The van der Waals surface area contributed by atoms with Crippen LogP contribution in [0.5, 0.6) is 0 Å². The summed E-state index contributed by atoms with van der Waals surface area (Å²) in [6.07, 6.45) is 3.21. The molecule has 0 aliphatic rings. The van der Waals surface area contributed by atoms with Crippen LogP contribution in [0.1, 0.15) is 26.2 Å². The lowest BCUT2D eigenvalue weighted by atomic mass is 10.1. The van der Waals surface area contributed by atoms with Gasteiger partial charge in [0.1, 0.15) is 0 Å². The third-order valence-electron chi connectivity index (χ3n) is 1.71. The smallest absolute Gasteiger partial charge is 0.0222 e. The third kappa shape index (κ3) is 6.04. The normalized spacial score (nSPS) is 13.0. The van der Waals surface area contributed by atoms with E-state index in [2.05, 4.69) is 12.0 Å². The Morgan fingerprint density at radius 2 is 2.18 bits per heavy atom. The number of hydrogen-bond acceptors (Lipinski definition) is 3. The van der Waals surface area contributed by atoms with Gasteiger partial charge >= 0.3 is 0 Å². The lowest BCUT2D eigenvalue weighted by molar-refractivity contribution is 0.631. The molecule has 1 unspecified atom stereocenters. The average molecular weight is 157 g/mol. The van der Waals surface area contributed by atoms with Crippen LogP contribution >= 0.6 is 0 Å². The fourth-order valence-electron chi connectivity index (χ4n) is 0.807. The van der Waals surface area contributed by atoms with Gasteiger partial charge in [-0.2, -0.15) is 0 Å². The first-order chi connectivity index (χ1) is 5.18. The highest BCUT2D eigenvalue weighted by Gasteiger charge is 1.98. The minimum atomic E-state index is 0.126. The highest BCUT2D eigenvalue weighted by Crippen LogP contribution is 2.06. The Morgan fingerprint density at radius 1 is 1.55 bits per heavy atom. The Morgan fingerprint density at radius 3 is 2.64 bits per heavy atom. The topological polar surface area (TPSA) is 64.1 Å². The molecule has 0 spiro atoms. The molecule has 0 aromatic heterocycles. The molecule has 0 aromatic carbocycles. The molecule has 3 nitrogen and oxygen atoms in total. The van der Waals surface area contributed by atoms with E-state index < -0.39 is 0 Å². The first kappa shape index (κ1) is 10.6. The first-order valence-corrected chi connectivity index (χ1v) is 4.05. The van der Waals surface area contributed by atoms with Crippen molar-refractivity contribution in [3.8, 4) is 0 Å². The first-order valence-electron chi connectivity index (χ1n) is 4.05. The maximum absolute atomic E-state index is 5.61. The molecule has 0 heterocycles. The Bertz CT molecular complexity index is 110. The van der Waals surface area contributed by atoms with Crippen molar-refractivity contribution >= 4 is 0 Å². The molecule has 0 aromatic rings. The quantitative estimate of drug-likeness (QED) is 0.228. The van der Waals surface area contributed by atoms with E-state index in [-0.39, 0.29) is 6.04 Å². The van der Waals surface area contributed by atoms with Crippen molar-refractivity contribution in [2.45, 2.75) is 32.2 Å². The van der Waals surface area contributed by atoms with E-state index in [0.29, 0.717) is 0 Å². The van der Waals surface area contributed by atoms with Gasteiger partial charge in [0.05, 0.1) is 0 Å². The summed E-state index contributed by atoms with van der Waals surface area (Å²) in [6, 6.07) is 0.126. The summed E-state index contributed by atoms with van der Waals surface area (Å²) in [7, 11) is 0. The minimum absolute atomic E-state index is 0.126. The summed E-state index contributed by atoms with van der Waals surface area (Å²) in [5, 5.41) is 0. The fourth-order valence-corrected chi connectivity index (χ4v) is 0.807. The average Bonchev–Trinajstić information content (AvgIpc) is 1.97. The van der Waals surface area contributed by atoms with E-state index in [1.807, 2.05) is 6.92 Å². The van der Waals surface area contributed by atoms with Gasteiger partial charge in [-0.3, -0.25) is 11.3 Å². The molecule has 0 radical (unpaired) electrons. The molecule has 0 aliphatic carbocycles. The second kappa shape index (κ2) is 6.34. The Kier molecular flexibility index (Phi) is 6.12. The fraction of sp³-hybridized carbons (Fsp3) is 0.750. The van der Waals surface area contributed by atoms with Crippen LogP contribution in [0.25, 0.3) is 0 Å². The SMILES string of the molecule is C=C(CCCCNN)C(C)N. The van der Waals surface area contributed by atoms with E-state index in [1.165, 1.54) is 0 Å². The van der Waals surface area contributed by atoms with Crippen LogP contribution in [0.15, 0.2) is 12.2 Å². The van der Waals surface area contributed by atoms with Gasteiger partial charge in [-0.25, -0.2) is 0 Å². The van der Waals surface area contributed by atoms with Gasteiger partial charge in [-0.15, -0.1) is 0 Å². The zero-order chi connectivity index (χ0) is 8.69. The lowest BCUT2D eigenvalue weighted by Crippen LogP contribution is -2.23. The second-order valence-corrected chi connectivity index (χ2v) is 2.86. The standard InChI is InChI=1S/C8H19N3/c1-7(8(2)9)5-3-4-6-11-10/h8,11H,1,3-6,9-10H2,2H3. The van der Waals surface area contributed by atoms with Crippen LogP contribution in [-0.2, 0) is 0 Å². The zero-order valence-corrected chi connectivity index (χ0v) is 7.27. The van der Waals surface area contributed by atoms with E-state index in [9.17, 15) is 0 Å². The van der Waals surface area contributed by atoms with Gasteiger partial charge in [0, 0.05) is 12.6 Å². The van der Waals surface area contributed by atoms with Gasteiger partial charge in [0.15, 0.2) is 0 Å². The maximum Gasteiger partial charge on any atom is 0.0222 e. The molecule has 0 saturated heterocycles. The molecule has 5 N–H and O–H groups in total. The summed E-state index contributed by atoms with van der Waals surface area (Å²) in [6.45, 7) is 6.70. The van der Waals surface area contributed by atoms with Crippen molar-refractivity contribution in [3.05, 3.63) is 12.2 Å². The lowest BCUT2D eigenvalue weighted by Gasteiger charge is -2.08. The predicted molar refractivity (Wildman–Crippen MR) is 48.8 cm³/mol. The predicted octanol–water partition coefficient (Wildman–Crippen LogP) is 0.523. The Labute approximate surface area is 68.8 Å². The molecule has 0 bridgehead atoms. The zero-order valence-electron chi connectivity index (χ0n) is 7.27. The van der Waals surface area contributed by atoms with Crippen LogP contribution in [0.3, 0.4) is 0 Å². The van der Waals surface area contributed by atoms with Crippen LogP contribution < -0.4 is 17.0 Å². The number of nitrogens with two attached hydrogens (primary N) is 2. The van der Waals surface area contributed by atoms with Crippen LogP contribution in [0.2, 0.25) is 0 Å². The van der Waals surface area contributed by atoms with Crippen LogP contribution in [-0.4, -0.2) is 12.6 Å². The Hall–Kier alpha value is -0.380. The van der Waals surface area contributed by atoms with Crippen molar-refractivity contribution in [1.29, 1.82) is 0 Å². The maximum atomic E-state index is 5.61. The molecule has 66 valence electrons. The molecular weight excluding hydrogens is 138 g/mol. The number of rotatable bonds is 6. The van der Waals surface area contributed by atoms with Gasteiger partial charge in [-0.1, -0.05) is 12.2 Å². The molecule has 0 amide bonds. The van der Waals surface area contributed by atoms with Gasteiger partial charge in [0.25, 0.3) is 0 Å². The van der Waals surface area contributed by atoms with E-state index in [1.54, 1.807) is 0 Å². The summed E-state index contributed by atoms with van der Waals surface area (Å²) >= 11 is 0. The summed E-state index contributed by atoms with van der Waals surface area (Å²) in [5.74, 6) is 5.11. The van der Waals surface area contributed by atoms with E-state index in [0.717, 1.165) is 31.4 Å². The van der Waals surface area contributed by atoms with E-state index >= 15 is 0 Å². The number of unbranched alkanes of at least 4 members (excludes halogenated alkanes) is 1. The van der Waals surface area contributed by atoms with Crippen LogP contribution in [0.4, 0.5) is 0 Å². The van der Waals surface area contributed by atoms with E-state index in [4.69, 9.17) is 11.6 Å². The largest absolute Gasteiger partial charge is 0.324 e. The molecule has 0 saturated carbocycles.